The molecule has 1 aromatic carbocycles. The lowest BCUT2D eigenvalue weighted by atomic mass is 9.93. The van der Waals surface area contributed by atoms with E-state index in [-0.39, 0.29) is 24.9 Å². The van der Waals surface area contributed by atoms with Crippen LogP contribution in [0.3, 0.4) is 0 Å². The molecule has 7 nitrogen and oxygen atoms in total. The summed E-state index contributed by atoms with van der Waals surface area (Å²) >= 11 is 1.46. The highest BCUT2D eigenvalue weighted by molar-refractivity contribution is 7.98. The molecule has 27 heavy (non-hydrogen) atoms. The molecule has 0 aliphatic carbocycles. The van der Waals surface area contributed by atoms with Gasteiger partial charge in [0.25, 0.3) is 5.22 Å². The lowest BCUT2D eigenvalue weighted by Gasteiger charge is -2.34. The summed E-state index contributed by atoms with van der Waals surface area (Å²) in [6.45, 7) is 7.62. The highest BCUT2D eigenvalue weighted by atomic mass is 32.2. The number of thioether (sulfide) groups is 1. The van der Waals surface area contributed by atoms with Gasteiger partial charge in [-0.2, -0.15) is 0 Å². The Morgan fingerprint density at radius 2 is 2.19 bits per heavy atom. The molecule has 1 aliphatic rings. The molecule has 2 unspecified atom stereocenters. The first-order chi connectivity index (χ1) is 13.0. The van der Waals surface area contributed by atoms with Crippen molar-refractivity contribution in [3.05, 3.63) is 53.9 Å². The minimum atomic E-state index is -0.447. The number of aryl methyl sites for hydroxylation is 1. The molecule has 0 spiro atoms. The number of urea groups is 1. The van der Waals surface area contributed by atoms with Crippen molar-refractivity contribution < 1.29 is 14.0 Å². The molecule has 0 saturated carbocycles. The second-order valence-corrected chi connectivity index (χ2v) is 7.45. The number of nitrogens with one attached hydrogen (secondary N) is 1. The van der Waals surface area contributed by atoms with Crippen molar-refractivity contribution in [1.82, 2.24) is 20.4 Å². The molecule has 2 aromatic rings. The smallest absolute Gasteiger partial charge is 0.324 e. The van der Waals surface area contributed by atoms with Gasteiger partial charge in [0, 0.05) is 24.8 Å². The Morgan fingerprint density at radius 3 is 2.93 bits per heavy atom. The van der Waals surface area contributed by atoms with Crippen LogP contribution in [0.2, 0.25) is 0 Å². The molecule has 2 atom stereocenters. The van der Waals surface area contributed by atoms with Crippen LogP contribution in [0.25, 0.3) is 0 Å². The molecule has 3 amide bonds. The minimum Gasteiger partial charge on any atom is -0.416 e. The Kier molecular flexibility index (Phi) is 5.95. The maximum atomic E-state index is 12.6. The Morgan fingerprint density at radius 1 is 1.37 bits per heavy atom. The van der Waals surface area contributed by atoms with Gasteiger partial charge in [-0.3, -0.25) is 9.69 Å². The number of carbonyl (C=O) groups is 2. The van der Waals surface area contributed by atoms with Crippen molar-refractivity contribution in [3.63, 3.8) is 0 Å². The molecule has 1 saturated heterocycles. The van der Waals surface area contributed by atoms with Crippen LogP contribution in [0.5, 0.6) is 0 Å². The van der Waals surface area contributed by atoms with E-state index in [9.17, 15) is 9.59 Å². The number of imide groups is 1. The van der Waals surface area contributed by atoms with E-state index in [1.165, 1.54) is 29.0 Å². The number of hydrogen-bond donors (Lipinski definition) is 1. The summed E-state index contributed by atoms with van der Waals surface area (Å²) in [5.41, 5.74) is 2.38. The Balaban J connectivity index is 1.63. The highest BCUT2D eigenvalue weighted by Crippen LogP contribution is 2.24. The third-order valence-electron chi connectivity index (χ3n) is 4.38. The van der Waals surface area contributed by atoms with Crippen LogP contribution < -0.4 is 5.32 Å². The summed E-state index contributed by atoms with van der Waals surface area (Å²) in [5, 5.41) is 11.4. The van der Waals surface area contributed by atoms with Gasteiger partial charge >= 0.3 is 6.03 Å². The molecule has 0 bridgehead atoms. The van der Waals surface area contributed by atoms with E-state index < -0.39 is 11.9 Å². The maximum Gasteiger partial charge on any atom is 0.324 e. The van der Waals surface area contributed by atoms with Gasteiger partial charge in [-0.25, -0.2) is 4.79 Å². The fourth-order valence-corrected chi connectivity index (χ4v) is 3.69. The van der Waals surface area contributed by atoms with Crippen LogP contribution in [0, 0.1) is 12.8 Å². The van der Waals surface area contributed by atoms with E-state index in [1.807, 2.05) is 6.07 Å². The molecule has 3 rings (SSSR count). The van der Waals surface area contributed by atoms with E-state index in [0.717, 1.165) is 10.7 Å². The first kappa shape index (κ1) is 19.2. The van der Waals surface area contributed by atoms with Crippen molar-refractivity contribution >= 4 is 23.7 Å². The fraction of sp³-hybridized carbons (Fsp3) is 0.368. The third-order valence-corrected chi connectivity index (χ3v) is 5.27. The Bertz CT molecular complexity index is 851. The van der Waals surface area contributed by atoms with E-state index in [1.54, 1.807) is 6.92 Å². The lowest BCUT2D eigenvalue weighted by molar-refractivity contribution is -0.134. The van der Waals surface area contributed by atoms with E-state index in [2.05, 4.69) is 47.2 Å². The van der Waals surface area contributed by atoms with Gasteiger partial charge < -0.3 is 9.73 Å². The average molecular weight is 386 g/mol. The van der Waals surface area contributed by atoms with E-state index in [4.69, 9.17) is 4.42 Å². The number of nitrogens with zero attached hydrogens (tertiary/aromatic N) is 3. The molecule has 1 aromatic heterocycles. The molecular weight excluding hydrogens is 364 g/mol. The van der Waals surface area contributed by atoms with Gasteiger partial charge in [0.05, 0.1) is 5.92 Å². The first-order valence-corrected chi connectivity index (χ1v) is 9.70. The topological polar surface area (TPSA) is 88.3 Å². The normalized spacial score (nSPS) is 19.9. The van der Waals surface area contributed by atoms with Crippen LogP contribution >= 0.6 is 11.8 Å². The summed E-state index contributed by atoms with van der Waals surface area (Å²) < 4.78 is 5.69. The zero-order valence-electron chi connectivity index (χ0n) is 15.3. The first-order valence-electron chi connectivity index (χ1n) is 8.71. The maximum absolute atomic E-state index is 12.6. The molecular formula is C19H22N4O3S. The van der Waals surface area contributed by atoms with Gasteiger partial charge in [0.2, 0.25) is 11.8 Å². The SMILES string of the molecule is C=CCN1C(=O)NC(C)C(Cc2nnc(SCc3cccc(C)c3)o2)C1=O. The second-order valence-electron chi connectivity index (χ2n) is 6.53. The standard InChI is InChI=1S/C19H22N4O3S/c1-4-8-23-17(24)15(13(3)20-18(23)25)10-16-21-22-19(26-16)27-11-14-7-5-6-12(2)9-14/h4-7,9,13,15H,1,8,10-11H2,2-3H3,(H,20,25). The van der Waals surface area contributed by atoms with E-state index >= 15 is 0 Å². The molecule has 0 radical (unpaired) electrons. The number of rotatable bonds is 7. The molecule has 1 N–H and O–H groups in total. The van der Waals surface area contributed by atoms with Gasteiger partial charge in [-0.05, 0) is 19.4 Å². The number of aromatic nitrogens is 2. The van der Waals surface area contributed by atoms with Gasteiger partial charge in [-0.15, -0.1) is 16.8 Å². The summed E-state index contributed by atoms with van der Waals surface area (Å²) in [7, 11) is 0. The van der Waals surface area contributed by atoms with Crippen LogP contribution in [-0.2, 0) is 17.0 Å². The predicted octanol–water partition coefficient (Wildman–Crippen LogP) is 2.96. The predicted molar refractivity (Wildman–Crippen MR) is 102 cm³/mol. The van der Waals surface area contributed by atoms with E-state index in [0.29, 0.717) is 11.1 Å². The lowest BCUT2D eigenvalue weighted by Crippen LogP contribution is -2.59. The Hall–Kier alpha value is -2.61. The van der Waals surface area contributed by atoms with Gasteiger partial charge in [0.1, 0.15) is 0 Å². The fourth-order valence-electron chi connectivity index (χ4n) is 2.97. The van der Waals surface area contributed by atoms with Crippen molar-refractivity contribution in [2.24, 2.45) is 5.92 Å². The van der Waals surface area contributed by atoms with Crippen molar-refractivity contribution in [2.45, 2.75) is 37.3 Å². The number of benzene rings is 1. The van der Waals surface area contributed by atoms with Crippen molar-refractivity contribution in [1.29, 1.82) is 0 Å². The van der Waals surface area contributed by atoms with Crippen LogP contribution in [0.15, 0.2) is 46.6 Å². The molecule has 1 fully saturated rings. The third kappa shape index (κ3) is 4.57. The van der Waals surface area contributed by atoms with Crippen molar-refractivity contribution in [2.75, 3.05) is 6.54 Å². The van der Waals surface area contributed by atoms with Gasteiger partial charge in [0.15, 0.2) is 0 Å². The number of amides is 3. The summed E-state index contributed by atoms with van der Waals surface area (Å²) in [5.74, 6) is 0.420. The Labute approximate surface area is 162 Å². The van der Waals surface area contributed by atoms with Crippen LogP contribution in [-0.4, -0.2) is 39.6 Å². The molecule has 142 valence electrons. The monoisotopic (exact) mass is 386 g/mol. The van der Waals surface area contributed by atoms with Crippen molar-refractivity contribution in [3.8, 4) is 0 Å². The quantitative estimate of drug-likeness (QED) is 0.581. The summed E-state index contributed by atoms with van der Waals surface area (Å²) in [4.78, 5) is 25.7. The average Bonchev–Trinajstić information content (AvgIpc) is 3.08. The van der Waals surface area contributed by atoms with Crippen LogP contribution in [0.1, 0.15) is 23.9 Å². The highest BCUT2D eigenvalue weighted by Gasteiger charge is 2.39. The zero-order chi connectivity index (χ0) is 19.4. The zero-order valence-corrected chi connectivity index (χ0v) is 16.2. The summed E-state index contributed by atoms with van der Waals surface area (Å²) in [6.07, 6.45) is 1.81. The van der Waals surface area contributed by atoms with Gasteiger partial charge in [-0.1, -0.05) is 47.7 Å². The second kappa shape index (κ2) is 8.39. The van der Waals surface area contributed by atoms with Crippen LogP contribution in [0.4, 0.5) is 4.79 Å². The molecule has 1 aliphatic heterocycles. The summed E-state index contributed by atoms with van der Waals surface area (Å²) in [6, 6.07) is 7.53. The molecule has 8 heteroatoms. The minimum absolute atomic E-state index is 0.176. The largest absolute Gasteiger partial charge is 0.416 e. The number of hydrogen-bond acceptors (Lipinski definition) is 6. The number of carbonyl (C=O) groups excluding carboxylic acids is 2. The molecule has 2 heterocycles.